The van der Waals surface area contributed by atoms with Gasteiger partial charge in [-0.25, -0.2) is 9.78 Å². The minimum absolute atomic E-state index is 0.144. The van der Waals surface area contributed by atoms with Crippen molar-refractivity contribution in [3.05, 3.63) is 57.5 Å². The van der Waals surface area contributed by atoms with Gasteiger partial charge in [0.2, 0.25) is 17.6 Å². The molecule has 0 saturated heterocycles. The molecule has 0 aliphatic heterocycles. The number of nitrogens with zero attached hydrogens (tertiary/aromatic N) is 5. The second-order valence-corrected chi connectivity index (χ2v) is 13.2. The molecule has 0 spiro atoms. The molecule has 0 unspecified atom stereocenters. The number of carbonyl (C=O) groups is 1. The van der Waals surface area contributed by atoms with Crippen LogP contribution in [0, 0.1) is 0 Å². The zero-order valence-electron chi connectivity index (χ0n) is 24.3. The average Bonchev–Trinajstić information content (AvgIpc) is 3.56. The lowest BCUT2D eigenvalue weighted by Gasteiger charge is -2.51. The summed E-state index contributed by atoms with van der Waals surface area (Å²) < 4.78 is 24.1. The van der Waals surface area contributed by atoms with Gasteiger partial charge in [0.15, 0.2) is 5.69 Å². The average molecular weight is 641 g/mol. The van der Waals surface area contributed by atoms with E-state index in [9.17, 15) is 9.90 Å². The van der Waals surface area contributed by atoms with Crippen LogP contribution in [-0.4, -0.2) is 48.0 Å². The molecule has 4 heterocycles. The lowest BCUT2D eigenvalue weighted by molar-refractivity contribution is -0.130. The smallest absolute Gasteiger partial charge is 0.354 e. The summed E-state index contributed by atoms with van der Waals surface area (Å²) in [6.45, 7) is 4.05. The third kappa shape index (κ3) is 5.35. The highest BCUT2D eigenvalue weighted by Gasteiger charge is 2.53. The molecule has 2 bridgehead atoms. The molecule has 13 heteroatoms. The molecular formula is C31H31Cl2N5O6. The fourth-order valence-electron chi connectivity index (χ4n) is 6.48. The van der Waals surface area contributed by atoms with Crippen LogP contribution in [0.5, 0.6) is 5.88 Å². The van der Waals surface area contributed by atoms with Gasteiger partial charge in [-0.15, -0.1) is 0 Å². The molecule has 8 rings (SSSR count). The summed E-state index contributed by atoms with van der Waals surface area (Å²) in [5.74, 6) is 1.11. The summed E-state index contributed by atoms with van der Waals surface area (Å²) >= 11 is 13.0. The van der Waals surface area contributed by atoms with E-state index >= 15 is 0 Å². The Morgan fingerprint density at radius 1 is 1.02 bits per heavy atom. The summed E-state index contributed by atoms with van der Waals surface area (Å²) in [5.41, 5.74) is 1.93. The zero-order valence-corrected chi connectivity index (χ0v) is 25.8. The van der Waals surface area contributed by atoms with Gasteiger partial charge >= 0.3 is 5.97 Å². The van der Waals surface area contributed by atoms with Gasteiger partial charge in [0.1, 0.15) is 11.5 Å². The van der Waals surface area contributed by atoms with Gasteiger partial charge in [-0.2, -0.15) is 4.98 Å². The van der Waals surface area contributed by atoms with Crippen LogP contribution in [0.1, 0.15) is 98.8 Å². The third-order valence-corrected chi connectivity index (χ3v) is 9.65. The van der Waals surface area contributed by atoms with E-state index in [1.807, 2.05) is 13.8 Å². The van der Waals surface area contributed by atoms with Gasteiger partial charge in [0, 0.05) is 41.1 Å². The minimum atomic E-state index is -1.16. The maximum Gasteiger partial charge on any atom is 0.354 e. The normalized spacial score (nSPS) is 22.9. The van der Waals surface area contributed by atoms with Crippen molar-refractivity contribution in [2.45, 2.75) is 94.9 Å². The Morgan fingerprint density at radius 3 is 2.36 bits per heavy atom. The molecule has 4 fully saturated rings. The van der Waals surface area contributed by atoms with E-state index in [1.54, 1.807) is 18.5 Å². The van der Waals surface area contributed by atoms with E-state index in [0.29, 0.717) is 51.1 Å². The van der Waals surface area contributed by atoms with E-state index in [1.165, 1.54) is 6.07 Å². The number of fused-ring (bicyclic) bond motifs is 3. The van der Waals surface area contributed by atoms with Crippen molar-refractivity contribution in [3.8, 4) is 28.5 Å². The van der Waals surface area contributed by atoms with Crippen LogP contribution in [0.25, 0.3) is 22.6 Å². The first-order valence-corrected chi connectivity index (χ1v) is 15.6. The van der Waals surface area contributed by atoms with Crippen LogP contribution in [0.3, 0.4) is 0 Å². The van der Waals surface area contributed by atoms with E-state index in [0.717, 1.165) is 62.7 Å². The highest BCUT2D eigenvalue weighted by molar-refractivity contribution is 6.38. The number of carboxylic acids is 1. The second-order valence-electron chi connectivity index (χ2n) is 12.4. The fraction of sp³-hybridized carbons (Fsp3) is 0.484. The van der Waals surface area contributed by atoms with E-state index < -0.39 is 5.97 Å². The van der Waals surface area contributed by atoms with Gasteiger partial charge in [0.05, 0.1) is 33.8 Å². The van der Waals surface area contributed by atoms with Gasteiger partial charge in [-0.1, -0.05) is 33.5 Å². The Bertz CT molecular complexity index is 1690. The van der Waals surface area contributed by atoms with Gasteiger partial charge in [-0.05, 0) is 71.3 Å². The van der Waals surface area contributed by atoms with Crippen molar-refractivity contribution >= 4 is 29.2 Å². The topological polar surface area (TPSA) is 146 Å². The molecule has 4 saturated carbocycles. The minimum Gasteiger partial charge on any atom is -0.477 e. The van der Waals surface area contributed by atoms with Crippen molar-refractivity contribution in [1.82, 2.24) is 25.3 Å². The van der Waals surface area contributed by atoms with Crippen molar-refractivity contribution in [2.75, 3.05) is 0 Å². The molecule has 4 aliphatic carbocycles. The third-order valence-electron chi connectivity index (χ3n) is 9.07. The number of halogens is 2. The highest BCUT2D eigenvalue weighted by atomic mass is 35.5. The summed E-state index contributed by atoms with van der Waals surface area (Å²) in [5, 5.41) is 19.0. The lowest BCUT2D eigenvalue weighted by Crippen LogP contribution is -2.49. The first kappa shape index (κ1) is 29.2. The van der Waals surface area contributed by atoms with E-state index in [-0.39, 0.29) is 28.7 Å². The first-order chi connectivity index (χ1) is 21.2. The number of aromatic nitrogens is 5. The number of carboxylic acid groups (broad SMARTS) is 1. The summed E-state index contributed by atoms with van der Waals surface area (Å²) in [6, 6.07) is 3.07. The molecule has 4 aromatic rings. The SMILES string of the molecule is CC(C)Oc1cc(-c2noc(C34CCC(OCc5c(-c6c(Cl)cncc6Cl)noc5C5CC5)(CC3)CC4)n2)cc(C(=O)O)n1. The van der Waals surface area contributed by atoms with Crippen molar-refractivity contribution in [3.63, 3.8) is 0 Å². The number of hydrogen-bond donors (Lipinski definition) is 1. The van der Waals surface area contributed by atoms with Gasteiger partial charge < -0.3 is 23.6 Å². The van der Waals surface area contributed by atoms with Crippen LogP contribution < -0.4 is 4.74 Å². The summed E-state index contributed by atoms with van der Waals surface area (Å²) in [6.07, 6.45) is 10.1. The maximum absolute atomic E-state index is 11.7. The number of hydrogen-bond acceptors (Lipinski definition) is 10. The Balaban J connectivity index is 1.09. The highest BCUT2D eigenvalue weighted by Crippen LogP contribution is 2.55. The molecule has 4 aromatic heterocycles. The monoisotopic (exact) mass is 639 g/mol. The molecule has 0 atom stereocenters. The second kappa shape index (κ2) is 11.1. The predicted molar refractivity (Wildman–Crippen MR) is 159 cm³/mol. The van der Waals surface area contributed by atoms with Crippen LogP contribution in [0.15, 0.2) is 33.6 Å². The fourth-order valence-corrected chi connectivity index (χ4v) is 7.02. The maximum atomic E-state index is 11.7. The molecule has 1 N–H and O–H groups in total. The van der Waals surface area contributed by atoms with Crippen molar-refractivity contribution < 1.29 is 28.4 Å². The largest absolute Gasteiger partial charge is 0.477 e. The molecule has 44 heavy (non-hydrogen) atoms. The Hall–Kier alpha value is -3.54. The Morgan fingerprint density at radius 2 is 1.73 bits per heavy atom. The predicted octanol–water partition coefficient (Wildman–Crippen LogP) is 7.41. The van der Waals surface area contributed by atoms with Crippen LogP contribution in [0.4, 0.5) is 0 Å². The quantitative estimate of drug-likeness (QED) is 0.185. The van der Waals surface area contributed by atoms with E-state index in [4.69, 9.17) is 46.7 Å². The number of rotatable bonds is 10. The first-order valence-electron chi connectivity index (χ1n) is 14.8. The summed E-state index contributed by atoms with van der Waals surface area (Å²) in [7, 11) is 0. The van der Waals surface area contributed by atoms with Crippen LogP contribution in [0.2, 0.25) is 10.0 Å². The Labute approximate surface area is 263 Å². The molecule has 4 aliphatic rings. The van der Waals surface area contributed by atoms with E-state index in [2.05, 4.69) is 20.3 Å². The molecule has 0 amide bonds. The standard InChI is InChI=1S/C31H31Cl2N5O6/c1-16(2)42-23-12-18(11-22(35-23)28(39)40)27-36-29(44-38-27)30-5-8-31(9-6-30,10-7-30)41-15-19-25(37-43-26(19)17-3-4-17)24-20(32)13-34-14-21(24)33/h11-14,16-17H,3-10,15H2,1-2H3,(H,39,40). The number of ether oxygens (including phenoxy) is 2. The molecule has 11 nitrogen and oxygen atoms in total. The lowest BCUT2D eigenvalue weighted by atomic mass is 9.58. The van der Waals surface area contributed by atoms with Crippen LogP contribution in [-0.2, 0) is 16.8 Å². The van der Waals surface area contributed by atoms with Crippen molar-refractivity contribution in [1.29, 1.82) is 0 Å². The van der Waals surface area contributed by atoms with Crippen LogP contribution >= 0.6 is 23.2 Å². The number of aromatic carboxylic acids is 1. The van der Waals surface area contributed by atoms with Crippen molar-refractivity contribution in [2.24, 2.45) is 0 Å². The number of pyridine rings is 2. The van der Waals surface area contributed by atoms with Gasteiger partial charge in [-0.3, -0.25) is 4.98 Å². The molecule has 230 valence electrons. The molecular weight excluding hydrogens is 609 g/mol. The molecule has 0 aromatic carbocycles. The molecule has 0 radical (unpaired) electrons. The Kier molecular flexibility index (Phi) is 7.37. The summed E-state index contributed by atoms with van der Waals surface area (Å²) in [4.78, 5) is 24.6. The zero-order chi connectivity index (χ0) is 30.6. The van der Waals surface area contributed by atoms with Gasteiger partial charge in [0.25, 0.3) is 0 Å².